The summed E-state index contributed by atoms with van der Waals surface area (Å²) in [4.78, 5) is 0. The van der Waals surface area contributed by atoms with Crippen molar-refractivity contribution in [2.24, 2.45) is 5.73 Å². The first-order valence-corrected chi connectivity index (χ1v) is 6.53. The Morgan fingerprint density at radius 1 is 1.28 bits per heavy atom. The molecule has 1 aliphatic carbocycles. The van der Waals surface area contributed by atoms with Crippen molar-refractivity contribution in [3.05, 3.63) is 22.2 Å². The summed E-state index contributed by atoms with van der Waals surface area (Å²) in [6.07, 6.45) is 2.17. The maximum absolute atomic E-state index is 6.28. The van der Waals surface area contributed by atoms with Crippen molar-refractivity contribution in [1.29, 1.82) is 0 Å². The van der Waals surface area contributed by atoms with Gasteiger partial charge in [-0.1, -0.05) is 11.6 Å². The standard InChI is InChI=1S/C14H20ClNO2/c1-8-12(17-3)10(7-11(15)13(8)18-4)14(5-6-14)9(2)16/h7,9H,5-6,16H2,1-4H3. The molecule has 0 radical (unpaired) electrons. The highest BCUT2D eigenvalue weighted by atomic mass is 35.5. The molecule has 18 heavy (non-hydrogen) atoms. The summed E-state index contributed by atoms with van der Waals surface area (Å²) < 4.78 is 10.9. The van der Waals surface area contributed by atoms with Gasteiger partial charge in [0.2, 0.25) is 0 Å². The highest BCUT2D eigenvalue weighted by Crippen LogP contribution is 2.55. The zero-order valence-electron chi connectivity index (χ0n) is 11.3. The van der Waals surface area contributed by atoms with Crippen molar-refractivity contribution in [2.45, 2.75) is 38.1 Å². The fourth-order valence-corrected chi connectivity index (χ4v) is 3.06. The lowest BCUT2D eigenvalue weighted by Crippen LogP contribution is -2.32. The smallest absolute Gasteiger partial charge is 0.144 e. The van der Waals surface area contributed by atoms with E-state index in [1.54, 1.807) is 14.2 Å². The molecule has 0 heterocycles. The minimum Gasteiger partial charge on any atom is -0.496 e. The lowest BCUT2D eigenvalue weighted by atomic mass is 9.87. The van der Waals surface area contributed by atoms with Crippen LogP contribution in [0.3, 0.4) is 0 Å². The van der Waals surface area contributed by atoms with Gasteiger partial charge in [0.25, 0.3) is 0 Å². The van der Waals surface area contributed by atoms with Gasteiger partial charge in [-0.05, 0) is 32.8 Å². The third-order valence-corrected chi connectivity index (χ3v) is 4.30. The van der Waals surface area contributed by atoms with Crippen molar-refractivity contribution in [3.63, 3.8) is 0 Å². The van der Waals surface area contributed by atoms with Gasteiger partial charge in [-0.25, -0.2) is 0 Å². The van der Waals surface area contributed by atoms with Gasteiger partial charge in [0.15, 0.2) is 0 Å². The molecule has 2 rings (SSSR count). The van der Waals surface area contributed by atoms with E-state index in [9.17, 15) is 0 Å². The van der Waals surface area contributed by atoms with Crippen molar-refractivity contribution in [2.75, 3.05) is 14.2 Å². The molecule has 0 aliphatic heterocycles. The molecule has 0 amide bonds. The number of rotatable bonds is 4. The van der Waals surface area contributed by atoms with Crippen LogP contribution in [0.2, 0.25) is 5.02 Å². The average Bonchev–Trinajstić information content (AvgIpc) is 3.10. The predicted octanol–water partition coefficient (Wildman–Crippen LogP) is 3.04. The fraction of sp³-hybridized carbons (Fsp3) is 0.571. The molecule has 1 aliphatic rings. The first-order chi connectivity index (χ1) is 8.47. The van der Waals surface area contributed by atoms with E-state index in [-0.39, 0.29) is 11.5 Å². The second-order valence-electron chi connectivity index (χ2n) is 5.04. The first-order valence-electron chi connectivity index (χ1n) is 6.15. The number of benzene rings is 1. The molecule has 1 aromatic rings. The average molecular weight is 270 g/mol. The van der Waals surface area contributed by atoms with Gasteiger partial charge in [-0.2, -0.15) is 0 Å². The van der Waals surface area contributed by atoms with Crippen molar-refractivity contribution in [1.82, 2.24) is 0 Å². The van der Waals surface area contributed by atoms with E-state index in [4.69, 9.17) is 26.8 Å². The normalized spacial score (nSPS) is 18.3. The van der Waals surface area contributed by atoms with E-state index in [0.717, 1.165) is 29.7 Å². The van der Waals surface area contributed by atoms with Crippen LogP contribution >= 0.6 is 11.6 Å². The van der Waals surface area contributed by atoms with E-state index >= 15 is 0 Å². The van der Waals surface area contributed by atoms with Crippen LogP contribution in [-0.2, 0) is 5.41 Å². The summed E-state index contributed by atoms with van der Waals surface area (Å²) in [5.41, 5.74) is 8.20. The van der Waals surface area contributed by atoms with Gasteiger partial charge in [0.05, 0.1) is 19.2 Å². The molecule has 1 atom stereocenters. The van der Waals surface area contributed by atoms with E-state index in [0.29, 0.717) is 10.8 Å². The molecule has 0 saturated heterocycles. The lowest BCUT2D eigenvalue weighted by Gasteiger charge is -2.25. The van der Waals surface area contributed by atoms with E-state index in [2.05, 4.69) is 0 Å². The topological polar surface area (TPSA) is 44.5 Å². The molecule has 0 aromatic heterocycles. The van der Waals surface area contributed by atoms with Crippen LogP contribution in [0.5, 0.6) is 11.5 Å². The first kappa shape index (κ1) is 13.5. The molecule has 1 aromatic carbocycles. The maximum Gasteiger partial charge on any atom is 0.144 e. The number of methoxy groups -OCH3 is 2. The molecular formula is C14H20ClNO2. The molecule has 1 fully saturated rings. The highest BCUT2D eigenvalue weighted by Gasteiger charge is 2.49. The number of nitrogens with two attached hydrogens (primary N) is 1. The van der Waals surface area contributed by atoms with Gasteiger partial charge >= 0.3 is 0 Å². The van der Waals surface area contributed by atoms with Gasteiger partial charge in [-0.15, -0.1) is 0 Å². The van der Waals surface area contributed by atoms with Crippen LogP contribution in [0.25, 0.3) is 0 Å². The van der Waals surface area contributed by atoms with Gasteiger partial charge in [0.1, 0.15) is 11.5 Å². The van der Waals surface area contributed by atoms with Crippen molar-refractivity contribution >= 4 is 11.6 Å². The number of hydrogen-bond donors (Lipinski definition) is 1. The largest absolute Gasteiger partial charge is 0.496 e. The third kappa shape index (κ3) is 1.86. The van der Waals surface area contributed by atoms with Crippen LogP contribution in [0.15, 0.2) is 6.07 Å². The Labute approximate surface area is 113 Å². The van der Waals surface area contributed by atoms with Crippen LogP contribution in [-0.4, -0.2) is 20.3 Å². The second-order valence-corrected chi connectivity index (χ2v) is 5.45. The summed E-state index contributed by atoms with van der Waals surface area (Å²) in [6.45, 7) is 4.00. The zero-order chi connectivity index (χ0) is 13.5. The van der Waals surface area contributed by atoms with Crippen molar-refractivity contribution < 1.29 is 9.47 Å². The maximum atomic E-state index is 6.28. The molecule has 3 nitrogen and oxygen atoms in total. The number of hydrogen-bond acceptors (Lipinski definition) is 3. The molecule has 1 unspecified atom stereocenters. The van der Waals surface area contributed by atoms with Crippen LogP contribution < -0.4 is 15.2 Å². The lowest BCUT2D eigenvalue weighted by molar-refractivity contribution is 0.378. The predicted molar refractivity (Wildman–Crippen MR) is 73.9 cm³/mol. The monoisotopic (exact) mass is 269 g/mol. The molecule has 1 saturated carbocycles. The fourth-order valence-electron chi connectivity index (χ4n) is 2.73. The summed E-state index contributed by atoms with van der Waals surface area (Å²) in [7, 11) is 3.29. The van der Waals surface area contributed by atoms with Crippen LogP contribution in [0.1, 0.15) is 30.9 Å². The quantitative estimate of drug-likeness (QED) is 0.914. The van der Waals surface area contributed by atoms with E-state index in [1.807, 2.05) is 19.9 Å². The molecular weight excluding hydrogens is 250 g/mol. The molecule has 2 N–H and O–H groups in total. The minimum atomic E-state index is 0.0199. The van der Waals surface area contributed by atoms with Gasteiger partial charge < -0.3 is 15.2 Å². The Bertz CT molecular complexity index is 467. The number of ether oxygens (including phenoxy) is 2. The van der Waals surface area contributed by atoms with Gasteiger partial charge in [-0.3, -0.25) is 0 Å². The summed E-state index contributed by atoms with van der Waals surface area (Å²) in [5, 5.41) is 0.623. The number of halogens is 1. The Kier molecular flexibility index (Phi) is 3.47. The molecule has 100 valence electrons. The van der Waals surface area contributed by atoms with E-state index < -0.39 is 0 Å². The summed E-state index contributed by atoms with van der Waals surface area (Å²) >= 11 is 6.28. The SMILES string of the molecule is COc1c(Cl)cc(C2(C(C)N)CC2)c(OC)c1C. The van der Waals surface area contributed by atoms with E-state index in [1.165, 1.54) is 0 Å². The molecule has 4 heteroatoms. The Morgan fingerprint density at radius 2 is 1.83 bits per heavy atom. The van der Waals surface area contributed by atoms with Crippen molar-refractivity contribution in [3.8, 4) is 11.5 Å². The minimum absolute atomic E-state index is 0.0199. The van der Waals surface area contributed by atoms with Gasteiger partial charge in [0, 0.05) is 22.6 Å². The third-order valence-electron chi connectivity index (χ3n) is 4.02. The molecule has 0 spiro atoms. The Hall–Kier alpha value is -0.930. The summed E-state index contributed by atoms with van der Waals surface area (Å²) in [5.74, 6) is 1.53. The summed E-state index contributed by atoms with van der Waals surface area (Å²) in [6, 6.07) is 2.04. The van der Waals surface area contributed by atoms with Crippen LogP contribution in [0.4, 0.5) is 0 Å². The highest BCUT2D eigenvalue weighted by molar-refractivity contribution is 6.32. The van der Waals surface area contributed by atoms with Crippen LogP contribution in [0, 0.1) is 6.92 Å². The zero-order valence-corrected chi connectivity index (χ0v) is 12.1. The Morgan fingerprint density at radius 3 is 2.22 bits per heavy atom. The second kappa shape index (κ2) is 4.63. The Balaban J connectivity index is 2.62. The molecule has 0 bridgehead atoms.